The second-order valence-corrected chi connectivity index (χ2v) is 7.24. The number of nitrogens with zero attached hydrogens (tertiary/aromatic N) is 1. The Balaban J connectivity index is 1.58. The average Bonchev–Trinajstić information content (AvgIpc) is 3.13. The maximum Gasteiger partial charge on any atom is 0.291 e. The zero-order chi connectivity index (χ0) is 18.8. The molecule has 0 unspecified atom stereocenters. The van der Waals surface area contributed by atoms with Crippen molar-refractivity contribution in [1.29, 1.82) is 0 Å². The summed E-state index contributed by atoms with van der Waals surface area (Å²) in [5.74, 6) is 0.0231. The third-order valence-corrected chi connectivity index (χ3v) is 5.48. The summed E-state index contributed by atoms with van der Waals surface area (Å²) in [5.41, 5.74) is 2.30. The standard InChI is InChI=1S/C21H22ClN3O2/c1-2-24-10-12-25(13-11-24)20-16(22)7-5-8-17(20)23-21(26)19-14-15-6-3-4-9-18(15)27-19/h3-9,14H,2,10-13H2,1H3,(H,23,26)/p+1. The molecular formula is C21H23ClN3O2+. The fourth-order valence-electron chi connectivity index (χ4n) is 3.62. The van der Waals surface area contributed by atoms with Crippen molar-refractivity contribution in [3.8, 4) is 0 Å². The van der Waals surface area contributed by atoms with Crippen LogP contribution in [0.3, 0.4) is 0 Å². The number of piperazine rings is 1. The number of anilines is 2. The number of fused-ring (bicyclic) bond motifs is 1. The van der Waals surface area contributed by atoms with Gasteiger partial charge in [0.25, 0.3) is 5.91 Å². The molecule has 2 heterocycles. The van der Waals surface area contributed by atoms with Gasteiger partial charge < -0.3 is 19.5 Å². The van der Waals surface area contributed by atoms with E-state index >= 15 is 0 Å². The topological polar surface area (TPSA) is 49.9 Å². The Morgan fingerprint density at radius 3 is 2.70 bits per heavy atom. The highest BCUT2D eigenvalue weighted by molar-refractivity contribution is 6.34. The van der Waals surface area contributed by atoms with Gasteiger partial charge in [-0.3, -0.25) is 4.79 Å². The van der Waals surface area contributed by atoms with Gasteiger partial charge in [-0.25, -0.2) is 0 Å². The number of amides is 1. The quantitative estimate of drug-likeness (QED) is 0.726. The van der Waals surface area contributed by atoms with Crippen molar-refractivity contribution in [2.45, 2.75) is 6.92 Å². The summed E-state index contributed by atoms with van der Waals surface area (Å²) in [6, 6.07) is 15.0. The molecule has 27 heavy (non-hydrogen) atoms. The molecule has 2 N–H and O–H groups in total. The molecule has 1 aromatic heterocycles. The van der Waals surface area contributed by atoms with Crippen LogP contribution in [0.25, 0.3) is 11.0 Å². The number of para-hydroxylation sites is 2. The molecule has 1 amide bonds. The minimum atomic E-state index is -0.271. The van der Waals surface area contributed by atoms with Gasteiger partial charge in [0.15, 0.2) is 5.76 Å². The minimum absolute atomic E-state index is 0.271. The molecule has 0 radical (unpaired) electrons. The number of carbonyl (C=O) groups is 1. The van der Waals surface area contributed by atoms with Crippen molar-refractivity contribution < 1.29 is 14.1 Å². The molecule has 1 aliphatic rings. The van der Waals surface area contributed by atoms with E-state index in [1.165, 1.54) is 0 Å². The average molecular weight is 385 g/mol. The highest BCUT2D eigenvalue weighted by Crippen LogP contribution is 2.34. The van der Waals surface area contributed by atoms with Crippen LogP contribution in [0.5, 0.6) is 0 Å². The van der Waals surface area contributed by atoms with Crippen LogP contribution in [-0.4, -0.2) is 38.6 Å². The van der Waals surface area contributed by atoms with Gasteiger partial charge in [0.05, 0.1) is 49.1 Å². The molecule has 140 valence electrons. The maximum absolute atomic E-state index is 12.8. The van der Waals surface area contributed by atoms with Gasteiger partial charge >= 0.3 is 0 Å². The molecular weight excluding hydrogens is 362 g/mol. The lowest BCUT2D eigenvalue weighted by atomic mass is 10.2. The predicted molar refractivity (Wildman–Crippen MR) is 109 cm³/mol. The molecule has 5 nitrogen and oxygen atoms in total. The zero-order valence-corrected chi connectivity index (χ0v) is 16.1. The van der Waals surface area contributed by atoms with E-state index in [0.29, 0.717) is 22.1 Å². The van der Waals surface area contributed by atoms with E-state index in [2.05, 4.69) is 17.1 Å². The lowest BCUT2D eigenvalue weighted by molar-refractivity contribution is -0.898. The van der Waals surface area contributed by atoms with Crippen LogP contribution in [0.2, 0.25) is 5.02 Å². The molecule has 0 aliphatic carbocycles. The fraction of sp³-hybridized carbons (Fsp3) is 0.286. The van der Waals surface area contributed by atoms with Crippen LogP contribution in [-0.2, 0) is 0 Å². The SMILES string of the molecule is CC[NH+]1CCN(c2c(Cl)cccc2NC(=O)c2cc3ccccc3o2)CC1. The number of rotatable bonds is 4. The number of halogens is 1. The molecule has 1 aliphatic heterocycles. The molecule has 4 rings (SSSR count). The molecule has 0 saturated carbocycles. The van der Waals surface area contributed by atoms with E-state index in [4.69, 9.17) is 16.0 Å². The summed E-state index contributed by atoms with van der Waals surface area (Å²) >= 11 is 6.50. The first-order valence-corrected chi connectivity index (χ1v) is 9.70. The van der Waals surface area contributed by atoms with Crippen molar-refractivity contribution in [2.75, 3.05) is 42.9 Å². The molecule has 6 heteroatoms. The van der Waals surface area contributed by atoms with Crippen LogP contribution in [0.1, 0.15) is 17.5 Å². The van der Waals surface area contributed by atoms with Gasteiger partial charge in [0.1, 0.15) is 5.58 Å². The van der Waals surface area contributed by atoms with E-state index in [1.54, 1.807) is 11.0 Å². The second kappa shape index (κ2) is 7.62. The van der Waals surface area contributed by atoms with Gasteiger partial charge in [-0.15, -0.1) is 0 Å². The largest absolute Gasteiger partial charge is 0.451 e. The van der Waals surface area contributed by atoms with Crippen molar-refractivity contribution in [2.24, 2.45) is 0 Å². The number of furan rings is 1. The Bertz CT molecular complexity index is 928. The third-order valence-electron chi connectivity index (χ3n) is 5.17. The Morgan fingerprint density at radius 1 is 1.19 bits per heavy atom. The van der Waals surface area contributed by atoms with Gasteiger partial charge in [-0.2, -0.15) is 0 Å². The van der Waals surface area contributed by atoms with E-state index in [-0.39, 0.29) is 5.91 Å². The summed E-state index contributed by atoms with van der Waals surface area (Å²) in [6.07, 6.45) is 0. The smallest absolute Gasteiger partial charge is 0.291 e. The number of nitrogens with one attached hydrogen (secondary N) is 2. The Labute approximate surface area is 163 Å². The predicted octanol–water partition coefficient (Wildman–Crippen LogP) is 3.06. The Kier molecular flexibility index (Phi) is 5.05. The first kappa shape index (κ1) is 17.9. The van der Waals surface area contributed by atoms with E-state index in [0.717, 1.165) is 43.8 Å². The summed E-state index contributed by atoms with van der Waals surface area (Å²) in [4.78, 5) is 16.6. The number of hydrogen-bond donors (Lipinski definition) is 2. The Hall–Kier alpha value is -2.50. The van der Waals surface area contributed by atoms with Crippen LogP contribution in [0.15, 0.2) is 52.9 Å². The van der Waals surface area contributed by atoms with Gasteiger partial charge in [-0.1, -0.05) is 35.9 Å². The van der Waals surface area contributed by atoms with Crippen molar-refractivity contribution in [3.63, 3.8) is 0 Å². The fourth-order valence-corrected chi connectivity index (χ4v) is 3.91. The molecule has 0 spiro atoms. The normalized spacial score (nSPS) is 15.3. The van der Waals surface area contributed by atoms with Gasteiger partial charge in [0.2, 0.25) is 0 Å². The van der Waals surface area contributed by atoms with E-state index < -0.39 is 0 Å². The van der Waals surface area contributed by atoms with Crippen LogP contribution in [0, 0.1) is 0 Å². The summed E-state index contributed by atoms with van der Waals surface area (Å²) in [5, 5.41) is 4.55. The molecule has 1 fully saturated rings. The number of benzene rings is 2. The van der Waals surface area contributed by atoms with E-state index in [9.17, 15) is 4.79 Å². The number of hydrogen-bond acceptors (Lipinski definition) is 3. The third kappa shape index (κ3) is 3.66. The first-order valence-electron chi connectivity index (χ1n) is 9.32. The molecule has 1 saturated heterocycles. The van der Waals surface area contributed by atoms with Gasteiger partial charge in [0, 0.05) is 5.39 Å². The summed E-state index contributed by atoms with van der Waals surface area (Å²) < 4.78 is 5.68. The second-order valence-electron chi connectivity index (χ2n) is 6.83. The maximum atomic E-state index is 12.8. The number of quaternary nitrogens is 1. The molecule has 0 bridgehead atoms. The zero-order valence-electron chi connectivity index (χ0n) is 15.3. The van der Waals surface area contributed by atoms with E-state index in [1.807, 2.05) is 42.5 Å². The van der Waals surface area contributed by atoms with Crippen molar-refractivity contribution in [3.05, 3.63) is 59.3 Å². The minimum Gasteiger partial charge on any atom is -0.451 e. The number of carbonyl (C=O) groups excluding carboxylic acids is 1. The summed E-state index contributed by atoms with van der Waals surface area (Å²) in [6.45, 7) is 7.31. The Morgan fingerprint density at radius 2 is 1.96 bits per heavy atom. The van der Waals surface area contributed by atoms with Crippen molar-refractivity contribution >= 4 is 39.9 Å². The van der Waals surface area contributed by atoms with Crippen LogP contribution >= 0.6 is 11.6 Å². The highest BCUT2D eigenvalue weighted by atomic mass is 35.5. The van der Waals surface area contributed by atoms with Gasteiger partial charge in [-0.05, 0) is 31.2 Å². The number of likely N-dealkylation sites (N-methyl/N-ethyl adjacent to an activating group) is 1. The highest BCUT2D eigenvalue weighted by Gasteiger charge is 2.24. The summed E-state index contributed by atoms with van der Waals surface area (Å²) in [7, 11) is 0. The first-order chi connectivity index (χ1) is 13.2. The monoisotopic (exact) mass is 384 g/mol. The molecule has 0 atom stereocenters. The van der Waals surface area contributed by atoms with Crippen LogP contribution < -0.4 is 15.1 Å². The molecule has 3 aromatic rings. The lowest BCUT2D eigenvalue weighted by Gasteiger charge is -2.34. The lowest BCUT2D eigenvalue weighted by Crippen LogP contribution is -3.14. The van der Waals surface area contributed by atoms with Crippen LogP contribution in [0.4, 0.5) is 11.4 Å². The van der Waals surface area contributed by atoms with Crippen molar-refractivity contribution in [1.82, 2.24) is 0 Å². The molecule has 2 aromatic carbocycles.